The molecule has 3 rings (SSSR count). The Labute approximate surface area is 161 Å². The van der Waals surface area contributed by atoms with Gasteiger partial charge in [-0.05, 0) is 32.3 Å². The summed E-state index contributed by atoms with van der Waals surface area (Å²) in [7, 11) is 0. The third-order valence-electron chi connectivity index (χ3n) is 5.25. The molecule has 27 heavy (non-hydrogen) atoms. The number of benzene rings is 1. The molecule has 2 atom stereocenters. The first-order chi connectivity index (χ1) is 12.9. The molecule has 0 bridgehead atoms. The van der Waals surface area contributed by atoms with Gasteiger partial charge in [-0.15, -0.1) is 0 Å². The number of rotatable bonds is 5. The van der Waals surface area contributed by atoms with Crippen LogP contribution in [0, 0.1) is 19.8 Å². The van der Waals surface area contributed by atoms with Crippen LogP contribution in [0.3, 0.4) is 0 Å². The smallest absolute Gasteiger partial charge is 0.224 e. The molecular weight excluding hydrogens is 338 g/mol. The molecule has 0 saturated carbocycles. The van der Waals surface area contributed by atoms with Crippen molar-refractivity contribution in [3.63, 3.8) is 0 Å². The van der Waals surface area contributed by atoms with Crippen molar-refractivity contribution in [2.45, 2.75) is 45.7 Å². The van der Waals surface area contributed by atoms with Gasteiger partial charge in [0.25, 0.3) is 0 Å². The van der Waals surface area contributed by atoms with Crippen LogP contribution in [0.5, 0.6) is 0 Å². The Morgan fingerprint density at radius 2 is 1.85 bits per heavy atom. The maximum Gasteiger partial charge on any atom is 0.224 e. The summed E-state index contributed by atoms with van der Waals surface area (Å²) in [5, 5.41) is 3.19. The SMILES string of the molecule is Cc1cc(N2CCC(NC(=O)C(C)C(N)c3ccccc3)CC2)nc(C)n1. The molecular formula is C21H29N5O. The van der Waals surface area contributed by atoms with E-state index < -0.39 is 0 Å². The van der Waals surface area contributed by atoms with Gasteiger partial charge in [0, 0.05) is 36.9 Å². The van der Waals surface area contributed by atoms with Gasteiger partial charge in [-0.25, -0.2) is 9.97 Å². The van der Waals surface area contributed by atoms with Gasteiger partial charge in [-0.2, -0.15) is 0 Å². The van der Waals surface area contributed by atoms with Crippen molar-refractivity contribution in [1.82, 2.24) is 15.3 Å². The summed E-state index contributed by atoms with van der Waals surface area (Å²) in [6.07, 6.45) is 1.81. The van der Waals surface area contributed by atoms with Gasteiger partial charge in [0.1, 0.15) is 11.6 Å². The highest BCUT2D eigenvalue weighted by Crippen LogP contribution is 2.22. The van der Waals surface area contributed by atoms with Gasteiger partial charge in [0.05, 0.1) is 5.92 Å². The second-order valence-electron chi connectivity index (χ2n) is 7.41. The number of hydrogen-bond donors (Lipinski definition) is 2. The zero-order valence-electron chi connectivity index (χ0n) is 16.4. The standard InChI is InChI=1S/C21H29N5O/c1-14-13-19(24-16(3)23-14)26-11-9-18(10-12-26)25-21(27)15(2)20(22)17-7-5-4-6-8-17/h4-8,13,15,18,20H,9-12,22H2,1-3H3,(H,25,27). The summed E-state index contributed by atoms with van der Waals surface area (Å²) in [6.45, 7) is 7.55. The average molecular weight is 367 g/mol. The van der Waals surface area contributed by atoms with Crippen molar-refractivity contribution in [2.75, 3.05) is 18.0 Å². The van der Waals surface area contributed by atoms with Crippen molar-refractivity contribution < 1.29 is 4.79 Å². The predicted octanol–water partition coefficient (Wildman–Crippen LogP) is 2.51. The highest BCUT2D eigenvalue weighted by Gasteiger charge is 2.26. The molecule has 1 aliphatic heterocycles. The van der Waals surface area contributed by atoms with Gasteiger partial charge in [0.15, 0.2) is 0 Å². The topological polar surface area (TPSA) is 84.1 Å². The Bertz CT molecular complexity index is 751. The molecule has 0 spiro atoms. The Morgan fingerprint density at radius 3 is 2.48 bits per heavy atom. The molecule has 0 aliphatic carbocycles. The van der Waals surface area contributed by atoms with Crippen LogP contribution in [0.1, 0.15) is 42.9 Å². The number of aryl methyl sites for hydroxylation is 2. The fourth-order valence-corrected chi connectivity index (χ4v) is 3.57. The maximum atomic E-state index is 12.6. The van der Waals surface area contributed by atoms with Crippen LogP contribution >= 0.6 is 0 Å². The summed E-state index contributed by atoms with van der Waals surface area (Å²) in [5.74, 6) is 1.53. The molecule has 3 N–H and O–H groups in total. The molecule has 1 aromatic carbocycles. The van der Waals surface area contributed by atoms with Gasteiger partial charge in [-0.1, -0.05) is 37.3 Å². The van der Waals surface area contributed by atoms with Crippen LogP contribution < -0.4 is 16.0 Å². The zero-order valence-corrected chi connectivity index (χ0v) is 16.4. The molecule has 6 heteroatoms. The molecule has 1 amide bonds. The Morgan fingerprint density at radius 1 is 1.19 bits per heavy atom. The molecule has 1 aliphatic rings. The van der Waals surface area contributed by atoms with Gasteiger partial charge < -0.3 is 16.0 Å². The van der Waals surface area contributed by atoms with Crippen LogP contribution in [-0.2, 0) is 4.79 Å². The van der Waals surface area contributed by atoms with E-state index in [2.05, 4.69) is 20.2 Å². The minimum absolute atomic E-state index is 0.0264. The van der Waals surface area contributed by atoms with E-state index in [-0.39, 0.29) is 23.9 Å². The van der Waals surface area contributed by atoms with Crippen molar-refractivity contribution >= 4 is 11.7 Å². The first-order valence-corrected chi connectivity index (χ1v) is 9.62. The number of nitrogens with zero attached hydrogens (tertiary/aromatic N) is 3. The molecule has 2 aromatic rings. The minimum Gasteiger partial charge on any atom is -0.356 e. The fraction of sp³-hybridized carbons (Fsp3) is 0.476. The quantitative estimate of drug-likeness (QED) is 0.848. The van der Waals surface area contributed by atoms with E-state index in [9.17, 15) is 4.79 Å². The Balaban J connectivity index is 1.53. The normalized spacial score (nSPS) is 17.4. The van der Waals surface area contributed by atoms with E-state index in [1.807, 2.05) is 57.2 Å². The molecule has 0 radical (unpaired) electrons. The number of nitrogens with two attached hydrogens (primary N) is 1. The number of piperidine rings is 1. The lowest BCUT2D eigenvalue weighted by Crippen LogP contribution is -2.47. The first-order valence-electron chi connectivity index (χ1n) is 9.62. The minimum atomic E-state index is -0.293. The zero-order chi connectivity index (χ0) is 19.4. The van der Waals surface area contributed by atoms with Gasteiger partial charge in [0.2, 0.25) is 5.91 Å². The van der Waals surface area contributed by atoms with Crippen molar-refractivity contribution in [2.24, 2.45) is 11.7 Å². The summed E-state index contributed by atoms with van der Waals surface area (Å²) in [6, 6.07) is 11.7. The number of aromatic nitrogens is 2. The summed E-state index contributed by atoms with van der Waals surface area (Å²) in [5.41, 5.74) is 8.26. The molecule has 1 fully saturated rings. The number of amides is 1. The third kappa shape index (κ3) is 4.83. The van der Waals surface area contributed by atoms with Crippen molar-refractivity contribution in [1.29, 1.82) is 0 Å². The van der Waals surface area contributed by atoms with Crippen LogP contribution in [0.4, 0.5) is 5.82 Å². The van der Waals surface area contributed by atoms with Gasteiger partial charge >= 0.3 is 0 Å². The van der Waals surface area contributed by atoms with Crippen molar-refractivity contribution in [3.8, 4) is 0 Å². The Hall–Kier alpha value is -2.47. The molecule has 144 valence electrons. The number of hydrogen-bond acceptors (Lipinski definition) is 5. The summed E-state index contributed by atoms with van der Waals surface area (Å²) >= 11 is 0. The number of carbonyl (C=O) groups is 1. The van der Waals surface area contributed by atoms with E-state index in [0.29, 0.717) is 0 Å². The van der Waals surface area contributed by atoms with E-state index in [1.165, 1.54) is 0 Å². The second-order valence-corrected chi connectivity index (χ2v) is 7.41. The lowest BCUT2D eigenvalue weighted by molar-refractivity contribution is -0.126. The second kappa shape index (κ2) is 8.48. The lowest BCUT2D eigenvalue weighted by Gasteiger charge is -2.34. The van der Waals surface area contributed by atoms with E-state index in [1.54, 1.807) is 0 Å². The third-order valence-corrected chi connectivity index (χ3v) is 5.25. The number of nitrogens with one attached hydrogen (secondary N) is 1. The van der Waals surface area contributed by atoms with Crippen LogP contribution in [-0.4, -0.2) is 35.0 Å². The van der Waals surface area contributed by atoms with Crippen molar-refractivity contribution in [3.05, 3.63) is 53.5 Å². The predicted molar refractivity (Wildman–Crippen MR) is 107 cm³/mol. The number of carbonyl (C=O) groups excluding carboxylic acids is 1. The fourth-order valence-electron chi connectivity index (χ4n) is 3.57. The molecule has 6 nitrogen and oxygen atoms in total. The van der Waals surface area contributed by atoms with E-state index >= 15 is 0 Å². The molecule has 1 aromatic heterocycles. The highest BCUT2D eigenvalue weighted by molar-refractivity contribution is 5.79. The molecule has 1 saturated heterocycles. The highest BCUT2D eigenvalue weighted by atomic mass is 16.2. The Kier molecular flexibility index (Phi) is 6.06. The van der Waals surface area contributed by atoms with E-state index in [4.69, 9.17) is 5.73 Å². The van der Waals surface area contributed by atoms with Gasteiger partial charge in [-0.3, -0.25) is 4.79 Å². The monoisotopic (exact) mass is 367 g/mol. The van der Waals surface area contributed by atoms with Crippen LogP contribution in [0.2, 0.25) is 0 Å². The summed E-state index contributed by atoms with van der Waals surface area (Å²) < 4.78 is 0. The number of anilines is 1. The average Bonchev–Trinajstić information content (AvgIpc) is 2.67. The lowest BCUT2D eigenvalue weighted by atomic mass is 9.94. The van der Waals surface area contributed by atoms with Crippen LogP contribution in [0.25, 0.3) is 0 Å². The van der Waals surface area contributed by atoms with Crippen LogP contribution in [0.15, 0.2) is 36.4 Å². The molecule has 2 unspecified atom stereocenters. The maximum absolute atomic E-state index is 12.6. The molecule has 2 heterocycles. The largest absolute Gasteiger partial charge is 0.356 e. The summed E-state index contributed by atoms with van der Waals surface area (Å²) in [4.78, 5) is 23.8. The first kappa shape index (κ1) is 19.3. The van der Waals surface area contributed by atoms with E-state index in [0.717, 1.165) is 48.8 Å².